The van der Waals surface area contributed by atoms with Crippen LogP contribution in [0.15, 0.2) is 17.5 Å². The third-order valence-corrected chi connectivity index (χ3v) is 5.71. The number of thiazole rings is 1. The fourth-order valence-electron chi connectivity index (χ4n) is 2.27. The lowest BCUT2D eigenvalue weighted by Crippen LogP contribution is -2.55. The van der Waals surface area contributed by atoms with Crippen molar-refractivity contribution in [3.05, 3.63) is 28.1 Å². The predicted molar refractivity (Wildman–Crippen MR) is 83.4 cm³/mol. The van der Waals surface area contributed by atoms with Gasteiger partial charge in [-0.15, -0.1) is 22.7 Å². The number of carbonyl (C=O) groups is 2. The topological polar surface area (TPSA) is 88.5 Å². The standard InChI is InChI=1S/C14H14N2O4S2/c1-8-10(22-12(15-8)9-3-2-6-21-9)11(17)16-14(13(18)19)4-5-20-7-14/h2-3,6H,4-5,7H2,1H3,(H,16,17)(H,18,19). The summed E-state index contributed by atoms with van der Waals surface area (Å²) in [5.74, 6) is -1.48. The van der Waals surface area contributed by atoms with Gasteiger partial charge in [-0.25, -0.2) is 9.78 Å². The molecular formula is C14H14N2O4S2. The zero-order valence-electron chi connectivity index (χ0n) is 11.8. The molecule has 1 aliphatic rings. The van der Waals surface area contributed by atoms with E-state index in [0.717, 1.165) is 9.88 Å². The largest absolute Gasteiger partial charge is 0.479 e. The summed E-state index contributed by atoms with van der Waals surface area (Å²) in [6, 6.07) is 3.86. The summed E-state index contributed by atoms with van der Waals surface area (Å²) in [7, 11) is 0. The Morgan fingerprint density at radius 1 is 1.50 bits per heavy atom. The lowest BCUT2D eigenvalue weighted by Gasteiger charge is -2.23. The van der Waals surface area contributed by atoms with E-state index in [0.29, 0.717) is 17.2 Å². The molecule has 6 nitrogen and oxygen atoms in total. The van der Waals surface area contributed by atoms with Crippen molar-refractivity contribution in [2.24, 2.45) is 0 Å². The summed E-state index contributed by atoms with van der Waals surface area (Å²) in [5.41, 5.74) is -0.735. The Kier molecular flexibility index (Phi) is 3.98. The summed E-state index contributed by atoms with van der Waals surface area (Å²) in [4.78, 5) is 29.8. The Hall–Kier alpha value is -1.77. The second kappa shape index (κ2) is 5.79. The highest BCUT2D eigenvalue weighted by Crippen LogP contribution is 2.31. The molecule has 8 heteroatoms. The van der Waals surface area contributed by atoms with Crippen molar-refractivity contribution in [2.45, 2.75) is 18.9 Å². The molecule has 0 aliphatic carbocycles. The van der Waals surface area contributed by atoms with Gasteiger partial charge in [0.2, 0.25) is 0 Å². The van der Waals surface area contributed by atoms with Crippen LogP contribution in [0.2, 0.25) is 0 Å². The number of hydrogen-bond donors (Lipinski definition) is 2. The molecule has 2 aromatic rings. The fraction of sp³-hybridized carbons (Fsp3) is 0.357. The molecule has 3 rings (SSSR count). The van der Waals surface area contributed by atoms with Crippen molar-refractivity contribution < 1.29 is 19.4 Å². The Bertz CT molecular complexity index is 703. The molecule has 1 atom stereocenters. The van der Waals surface area contributed by atoms with E-state index < -0.39 is 17.4 Å². The average Bonchev–Trinajstić information content (AvgIpc) is 3.17. The van der Waals surface area contributed by atoms with E-state index in [1.165, 1.54) is 11.3 Å². The molecule has 116 valence electrons. The van der Waals surface area contributed by atoms with Gasteiger partial charge in [-0.1, -0.05) is 6.07 Å². The number of ether oxygens (including phenoxy) is 1. The molecule has 0 radical (unpaired) electrons. The molecule has 0 saturated carbocycles. The van der Waals surface area contributed by atoms with Crippen LogP contribution in [-0.2, 0) is 9.53 Å². The highest BCUT2D eigenvalue weighted by molar-refractivity contribution is 7.22. The van der Waals surface area contributed by atoms with E-state index in [2.05, 4.69) is 10.3 Å². The summed E-state index contributed by atoms with van der Waals surface area (Å²) in [6.07, 6.45) is 0.268. The number of amides is 1. The van der Waals surface area contributed by atoms with E-state index in [1.54, 1.807) is 18.3 Å². The van der Waals surface area contributed by atoms with Crippen molar-refractivity contribution >= 4 is 34.6 Å². The first-order chi connectivity index (χ1) is 10.5. The first kappa shape index (κ1) is 15.1. The van der Waals surface area contributed by atoms with Crippen molar-refractivity contribution in [1.29, 1.82) is 0 Å². The minimum atomic E-state index is -1.34. The average molecular weight is 338 g/mol. The maximum Gasteiger partial charge on any atom is 0.331 e. The van der Waals surface area contributed by atoms with E-state index in [-0.39, 0.29) is 13.0 Å². The molecule has 1 saturated heterocycles. The minimum absolute atomic E-state index is 0.0102. The summed E-state index contributed by atoms with van der Waals surface area (Å²) in [5, 5.41) is 14.7. The summed E-state index contributed by atoms with van der Waals surface area (Å²) in [6.45, 7) is 2.07. The smallest absolute Gasteiger partial charge is 0.331 e. The third-order valence-electron chi connectivity index (χ3n) is 3.52. The molecule has 3 heterocycles. The van der Waals surface area contributed by atoms with Crippen LogP contribution in [0.25, 0.3) is 9.88 Å². The Labute approximate surface area is 134 Å². The van der Waals surface area contributed by atoms with Gasteiger partial charge in [-0.3, -0.25) is 4.79 Å². The van der Waals surface area contributed by atoms with Crippen LogP contribution < -0.4 is 5.32 Å². The number of nitrogens with zero attached hydrogens (tertiary/aromatic N) is 1. The molecule has 1 amide bonds. The van der Waals surface area contributed by atoms with Gasteiger partial charge in [0, 0.05) is 13.0 Å². The number of thiophene rings is 1. The van der Waals surface area contributed by atoms with Gasteiger partial charge in [0.1, 0.15) is 9.88 Å². The van der Waals surface area contributed by atoms with E-state index in [1.807, 2.05) is 17.5 Å². The minimum Gasteiger partial charge on any atom is -0.479 e. The molecule has 2 N–H and O–H groups in total. The maximum atomic E-state index is 12.5. The van der Waals surface area contributed by atoms with Crippen molar-refractivity contribution in [1.82, 2.24) is 10.3 Å². The van der Waals surface area contributed by atoms with Crippen LogP contribution in [0.1, 0.15) is 21.8 Å². The molecule has 1 aliphatic heterocycles. The second-order valence-electron chi connectivity index (χ2n) is 5.05. The van der Waals surface area contributed by atoms with E-state index >= 15 is 0 Å². The number of carbonyl (C=O) groups excluding carboxylic acids is 1. The lowest BCUT2D eigenvalue weighted by atomic mass is 9.99. The number of aryl methyl sites for hydroxylation is 1. The van der Waals surface area contributed by atoms with Crippen molar-refractivity contribution in [2.75, 3.05) is 13.2 Å². The molecule has 1 fully saturated rings. The second-order valence-corrected chi connectivity index (χ2v) is 7.00. The van der Waals surface area contributed by atoms with Crippen LogP contribution in [0, 0.1) is 6.92 Å². The summed E-state index contributed by atoms with van der Waals surface area (Å²) < 4.78 is 5.15. The third kappa shape index (κ3) is 2.65. The highest BCUT2D eigenvalue weighted by atomic mass is 32.1. The van der Waals surface area contributed by atoms with Crippen LogP contribution in [0.3, 0.4) is 0 Å². The summed E-state index contributed by atoms with van der Waals surface area (Å²) >= 11 is 2.82. The number of aliphatic carboxylic acids is 1. The van der Waals surface area contributed by atoms with Crippen LogP contribution >= 0.6 is 22.7 Å². The molecular weight excluding hydrogens is 324 g/mol. The van der Waals surface area contributed by atoms with Gasteiger partial charge in [0.25, 0.3) is 5.91 Å². The van der Waals surface area contributed by atoms with Crippen LogP contribution in [0.4, 0.5) is 0 Å². The fourth-order valence-corrected chi connectivity index (χ4v) is 4.03. The molecule has 2 aromatic heterocycles. The number of hydrogen-bond acceptors (Lipinski definition) is 6. The van der Waals surface area contributed by atoms with Gasteiger partial charge in [-0.05, 0) is 18.4 Å². The zero-order chi connectivity index (χ0) is 15.7. The number of aromatic nitrogens is 1. The molecule has 0 spiro atoms. The Morgan fingerprint density at radius 3 is 2.91 bits per heavy atom. The first-order valence-corrected chi connectivity index (χ1v) is 8.36. The Morgan fingerprint density at radius 2 is 2.32 bits per heavy atom. The Balaban J connectivity index is 1.85. The van der Waals surface area contributed by atoms with Gasteiger partial charge < -0.3 is 15.2 Å². The molecule has 0 aromatic carbocycles. The van der Waals surface area contributed by atoms with Crippen molar-refractivity contribution in [3.8, 4) is 9.88 Å². The number of nitrogens with one attached hydrogen (secondary N) is 1. The van der Waals surface area contributed by atoms with E-state index in [4.69, 9.17) is 4.74 Å². The number of carboxylic acid groups (broad SMARTS) is 1. The quantitative estimate of drug-likeness (QED) is 0.892. The van der Waals surface area contributed by atoms with Gasteiger partial charge in [-0.2, -0.15) is 0 Å². The monoisotopic (exact) mass is 338 g/mol. The molecule has 1 unspecified atom stereocenters. The highest BCUT2D eigenvalue weighted by Gasteiger charge is 2.44. The number of rotatable bonds is 4. The molecule has 22 heavy (non-hydrogen) atoms. The zero-order valence-corrected chi connectivity index (χ0v) is 13.4. The van der Waals surface area contributed by atoms with Crippen LogP contribution in [0.5, 0.6) is 0 Å². The maximum absolute atomic E-state index is 12.5. The first-order valence-electron chi connectivity index (χ1n) is 6.67. The van der Waals surface area contributed by atoms with Crippen LogP contribution in [-0.4, -0.2) is 40.7 Å². The molecule has 0 bridgehead atoms. The number of carboxylic acids is 1. The SMILES string of the molecule is Cc1nc(-c2cccs2)sc1C(=O)NC1(C(=O)O)CCOC1. The van der Waals surface area contributed by atoms with Gasteiger partial charge in [0.05, 0.1) is 17.2 Å². The lowest BCUT2D eigenvalue weighted by molar-refractivity contribution is -0.144. The van der Waals surface area contributed by atoms with Gasteiger partial charge in [0.15, 0.2) is 5.54 Å². The van der Waals surface area contributed by atoms with E-state index in [9.17, 15) is 14.7 Å². The van der Waals surface area contributed by atoms with Gasteiger partial charge >= 0.3 is 5.97 Å². The predicted octanol–water partition coefficient (Wildman–Crippen LogP) is 2.15. The normalized spacial score (nSPS) is 21.0. The van der Waals surface area contributed by atoms with Crippen molar-refractivity contribution in [3.63, 3.8) is 0 Å².